The Morgan fingerprint density at radius 3 is 2.22 bits per heavy atom. The number of oxazole rings is 1. The smallest absolute Gasteiger partial charge is 0.274 e. The lowest BCUT2D eigenvalue weighted by atomic mass is 10.0. The summed E-state index contributed by atoms with van der Waals surface area (Å²) in [5, 5.41) is 8.75. The molecule has 1 amide bonds. The average Bonchev–Trinajstić information content (AvgIpc) is 3.16. The molecular formula is C21H16N2O3S. The van der Waals surface area contributed by atoms with Gasteiger partial charge in [-0.05, 0) is 59.8 Å². The van der Waals surface area contributed by atoms with Gasteiger partial charge in [-0.1, -0.05) is 24.3 Å². The molecule has 0 fully saturated rings. The van der Waals surface area contributed by atoms with E-state index in [4.69, 9.17) is 9.62 Å². The van der Waals surface area contributed by atoms with E-state index in [0.717, 1.165) is 16.7 Å². The molecule has 0 radical (unpaired) electrons. The second kappa shape index (κ2) is 7.26. The summed E-state index contributed by atoms with van der Waals surface area (Å²) in [5.41, 5.74) is 6.18. The van der Waals surface area contributed by atoms with Crippen molar-refractivity contribution in [3.63, 3.8) is 0 Å². The number of nitrogens with zero attached hydrogens (tertiary/aromatic N) is 1. The van der Waals surface area contributed by atoms with Crippen molar-refractivity contribution in [3.05, 3.63) is 72.3 Å². The minimum absolute atomic E-state index is 0.314. The Morgan fingerprint density at radius 1 is 0.963 bits per heavy atom. The Kier molecular flexibility index (Phi) is 4.66. The Bertz CT molecular complexity index is 1100. The summed E-state index contributed by atoms with van der Waals surface area (Å²) >= 11 is 1.72. The lowest BCUT2D eigenvalue weighted by Gasteiger charge is -2.04. The lowest BCUT2D eigenvalue weighted by Crippen LogP contribution is -2.18. The molecule has 134 valence electrons. The highest BCUT2D eigenvalue weighted by molar-refractivity contribution is 7.98. The predicted octanol–water partition coefficient (Wildman–Crippen LogP) is 5.00. The van der Waals surface area contributed by atoms with Crippen molar-refractivity contribution in [3.8, 4) is 22.6 Å². The molecule has 27 heavy (non-hydrogen) atoms. The second-order valence-electron chi connectivity index (χ2n) is 5.95. The lowest BCUT2D eigenvalue weighted by molar-refractivity contribution is 0.0706. The maximum absolute atomic E-state index is 11.5. The van der Waals surface area contributed by atoms with E-state index < -0.39 is 5.91 Å². The van der Waals surface area contributed by atoms with Gasteiger partial charge in [0.05, 0.1) is 0 Å². The van der Waals surface area contributed by atoms with Crippen molar-refractivity contribution in [1.82, 2.24) is 10.5 Å². The van der Waals surface area contributed by atoms with Crippen LogP contribution in [0, 0.1) is 0 Å². The van der Waals surface area contributed by atoms with Crippen LogP contribution in [0.2, 0.25) is 0 Å². The van der Waals surface area contributed by atoms with Gasteiger partial charge in [-0.15, -0.1) is 11.8 Å². The molecular weight excluding hydrogens is 360 g/mol. The van der Waals surface area contributed by atoms with Crippen molar-refractivity contribution in [1.29, 1.82) is 0 Å². The molecule has 0 spiro atoms. The molecule has 0 atom stereocenters. The molecule has 4 aromatic rings. The fraction of sp³-hybridized carbons (Fsp3) is 0.0476. The van der Waals surface area contributed by atoms with Crippen LogP contribution in [-0.4, -0.2) is 22.4 Å². The standard InChI is InChI=1S/C21H16N2O3S/c1-27-17-9-6-14(7-10-17)13-2-4-15(5-3-13)21-22-18-12-16(20(24)23-25)8-11-19(18)26-21/h2-12,25H,1H3,(H,23,24). The number of hydrogen-bond acceptors (Lipinski definition) is 5. The zero-order valence-electron chi connectivity index (χ0n) is 14.5. The van der Waals surface area contributed by atoms with Gasteiger partial charge in [-0.25, -0.2) is 10.5 Å². The monoisotopic (exact) mass is 376 g/mol. The third-order valence-corrected chi connectivity index (χ3v) is 5.05. The number of carbonyl (C=O) groups excluding carboxylic acids is 1. The van der Waals surface area contributed by atoms with Crippen LogP contribution in [0.5, 0.6) is 0 Å². The molecule has 1 aromatic heterocycles. The van der Waals surface area contributed by atoms with Gasteiger partial charge in [-0.2, -0.15) is 0 Å². The van der Waals surface area contributed by atoms with Crippen LogP contribution in [0.3, 0.4) is 0 Å². The fourth-order valence-corrected chi connectivity index (χ4v) is 3.25. The van der Waals surface area contributed by atoms with E-state index in [1.54, 1.807) is 35.4 Å². The third-order valence-electron chi connectivity index (χ3n) is 4.31. The molecule has 0 saturated heterocycles. The first-order valence-corrected chi connectivity index (χ1v) is 9.50. The van der Waals surface area contributed by atoms with Gasteiger partial charge >= 0.3 is 0 Å². The van der Waals surface area contributed by atoms with Crippen LogP contribution in [0.1, 0.15) is 10.4 Å². The molecule has 4 rings (SSSR count). The Labute approximate surface area is 160 Å². The zero-order valence-corrected chi connectivity index (χ0v) is 15.3. The number of thioether (sulfide) groups is 1. The Morgan fingerprint density at radius 2 is 1.59 bits per heavy atom. The molecule has 6 heteroatoms. The van der Waals surface area contributed by atoms with Gasteiger partial charge in [0.25, 0.3) is 5.91 Å². The highest BCUT2D eigenvalue weighted by Crippen LogP contribution is 2.28. The predicted molar refractivity (Wildman–Crippen MR) is 106 cm³/mol. The van der Waals surface area contributed by atoms with Crippen molar-refractivity contribution in [2.24, 2.45) is 0 Å². The first-order valence-electron chi connectivity index (χ1n) is 8.28. The second-order valence-corrected chi connectivity index (χ2v) is 6.83. The van der Waals surface area contributed by atoms with E-state index in [9.17, 15) is 4.79 Å². The minimum atomic E-state index is -0.585. The van der Waals surface area contributed by atoms with Crippen LogP contribution in [0.25, 0.3) is 33.7 Å². The summed E-state index contributed by atoms with van der Waals surface area (Å²) < 4.78 is 5.79. The summed E-state index contributed by atoms with van der Waals surface area (Å²) in [6.45, 7) is 0. The Hall–Kier alpha value is -3.09. The first kappa shape index (κ1) is 17.3. The van der Waals surface area contributed by atoms with E-state index in [1.807, 2.05) is 24.3 Å². The number of hydrogen-bond donors (Lipinski definition) is 2. The number of hydroxylamine groups is 1. The van der Waals surface area contributed by atoms with E-state index in [2.05, 4.69) is 35.5 Å². The molecule has 0 aliphatic carbocycles. The average molecular weight is 376 g/mol. The molecule has 2 N–H and O–H groups in total. The highest BCUT2D eigenvalue weighted by Gasteiger charge is 2.12. The topological polar surface area (TPSA) is 75.4 Å². The van der Waals surface area contributed by atoms with Crippen LogP contribution in [0.4, 0.5) is 0 Å². The van der Waals surface area contributed by atoms with Crippen LogP contribution in [-0.2, 0) is 0 Å². The molecule has 0 aliphatic rings. The van der Waals surface area contributed by atoms with Crippen molar-refractivity contribution in [2.75, 3.05) is 6.26 Å². The van der Waals surface area contributed by atoms with Gasteiger partial charge in [0.15, 0.2) is 5.58 Å². The maximum Gasteiger partial charge on any atom is 0.274 e. The number of carbonyl (C=O) groups is 1. The Balaban J connectivity index is 1.63. The number of amides is 1. The summed E-state index contributed by atoms with van der Waals surface area (Å²) in [6.07, 6.45) is 2.06. The van der Waals surface area contributed by atoms with E-state index in [1.165, 1.54) is 4.90 Å². The largest absolute Gasteiger partial charge is 0.436 e. The molecule has 0 aliphatic heterocycles. The normalized spacial score (nSPS) is 10.9. The molecule has 0 saturated carbocycles. The minimum Gasteiger partial charge on any atom is -0.436 e. The third kappa shape index (κ3) is 3.45. The van der Waals surface area contributed by atoms with Crippen molar-refractivity contribution in [2.45, 2.75) is 4.90 Å². The van der Waals surface area contributed by atoms with E-state index in [0.29, 0.717) is 22.6 Å². The van der Waals surface area contributed by atoms with Crippen LogP contribution in [0.15, 0.2) is 76.0 Å². The number of aromatic nitrogens is 1. The molecule has 0 unspecified atom stereocenters. The molecule has 5 nitrogen and oxygen atoms in total. The van der Waals surface area contributed by atoms with Gasteiger partial charge in [0.1, 0.15) is 5.52 Å². The number of nitrogens with one attached hydrogen (secondary N) is 1. The van der Waals surface area contributed by atoms with E-state index in [-0.39, 0.29) is 0 Å². The van der Waals surface area contributed by atoms with E-state index >= 15 is 0 Å². The number of fused-ring (bicyclic) bond motifs is 1. The summed E-state index contributed by atoms with van der Waals surface area (Å²) in [6, 6.07) is 21.2. The highest BCUT2D eigenvalue weighted by atomic mass is 32.2. The van der Waals surface area contributed by atoms with Crippen molar-refractivity contribution < 1.29 is 14.4 Å². The number of rotatable bonds is 4. The van der Waals surface area contributed by atoms with Gasteiger partial charge < -0.3 is 4.42 Å². The van der Waals surface area contributed by atoms with Gasteiger partial charge in [0, 0.05) is 16.0 Å². The van der Waals surface area contributed by atoms with Crippen LogP contribution >= 0.6 is 11.8 Å². The van der Waals surface area contributed by atoms with Gasteiger partial charge in [0.2, 0.25) is 5.89 Å². The molecule has 1 heterocycles. The quantitative estimate of drug-likeness (QED) is 0.298. The summed E-state index contributed by atoms with van der Waals surface area (Å²) in [5.74, 6) is -0.103. The zero-order chi connectivity index (χ0) is 18.8. The summed E-state index contributed by atoms with van der Waals surface area (Å²) in [7, 11) is 0. The number of benzene rings is 3. The maximum atomic E-state index is 11.5. The van der Waals surface area contributed by atoms with Gasteiger partial charge in [-0.3, -0.25) is 10.0 Å². The van der Waals surface area contributed by atoms with Crippen LogP contribution < -0.4 is 5.48 Å². The molecule has 3 aromatic carbocycles. The molecule has 0 bridgehead atoms. The first-order chi connectivity index (χ1) is 13.2. The summed E-state index contributed by atoms with van der Waals surface area (Å²) in [4.78, 5) is 17.2. The fourth-order valence-electron chi connectivity index (χ4n) is 2.85. The van der Waals surface area contributed by atoms with Crippen molar-refractivity contribution >= 4 is 28.8 Å². The SMILES string of the molecule is CSc1ccc(-c2ccc(-c3nc4cc(C(=O)NO)ccc4o3)cc2)cc1.